The van der Waals surface area contributed by atoms with Crippen LogP contribution in [0.4, 0.5) is 0 Å². The van der Waals surface area contributed by atoms with Crippen molar-refractivity contribution in [2.75, 3.05) is 26.2 Å². The van der Waals surface area contributed by atoms with Gasteiger partial charge in [-0.25, -0.2) is 8.42 Å². The van der Waals surface area contributed by atoms with E-state index in [9.17, 15) is 18.0 Å². The highest BCUT2D eigenvalue weighted by molar-refractivity contribution is 7.89. The minimum absolute atomic E-state index is 0.113. The van der Waals surface area contributed by atoms with Gasteiger partial charge < -0.3 is 10.2 Å². The fourth-order valence-electron chi connectivity index (χ4n) is 3.55. The first-order valence-corrected chi connectivity index (χ1v) is 11.7. The van der Waals surface area contributed by atoms with Crippen LogP contribution >= 0.6 is 0 Å². The van der Waals surface area contributed by atoms with E-state index in [1.54, 1.807) is 23.1 Å². The minimum Gasteiger partial charge on any atom is -0.340 e. The third kappa shape index (κ3) is 5.11. The molecule has 0 saturated carbocycles. The quantitative estimate of drug-likeness (QED) is 0.731. The summed E-state index contributed by atoms with van der Waals surface area (Å²) in [5.74, 6) is -0.601. The number of hydrogen-bond donors (Lipinski definition) is 1. The number of benzene rings is 1. The molecule has 1 atom stereocenters. The second-order valence-electron chi connectivity index (χ2n) is 7.93. The van der Waals surface area contributed by atoms with E-state index in [4.69, 9.17) is 0 Å². The van der Waals surface area contributed by atoms with E-state index in [-0.39, 0.29) is 48.8 Å². The topological polar surface area (TPSA) is 99.7 Å². The highest BCUT2D eigenvalue weighted by atomic mass is 32.2. The molecule has 0 aliphatic carbocycles. The van der Waals surface area contributed by atoms with Gasteiger partial charge >= 0.3 is 0 Å². The molecular formula is C22H28N4O4S. The molecule has 8 nitrogen and oxygen atoms in total. The molecule has 1 aromatic heterocycles. The summed E-state index contributed by atoms with van der Waals surface area (Å²) in [6.07, 6.45) is 2.84. The van der Waals surface area contributed by atoms with Crippen LogP contribution in [0.25, 0.3) is 0 Å². The number of rotatable bonds is 6. The second-order valence-corrected chi connectivity index (χ2v) is 9.87. The van der Waals surface area contributed by atoms with Gasteiger partial charge in [-0.1, -0.05) is 32.0 Å². The van der Waals surface area contributed by atoms with Crippen LogP contribution in [0, 0.1) is 12.8 Å². The number of piperazine rings is 1. The molecule has 0 spiro atoms. The van der Waals surface area contributed by atoms with Crippen molar-refractivity contribution in [3.63, 3.8) is 0 Å². The van der Waals surface area contributed by atoms with Crippen molar-refractivity contribution in [1.29, 1.82) is 0 Å². The Bertz CT molecular complexity index is 1030. The lowest BCUT2D eigenvalue weighted by Crippen LogP contribution is -2.57. The van der Waals surface area contributed by atoms with E-state index in [0.29, 0.717) is 5.56 Å². The molecule has 2 heterocycles. The molecule has 0 bridgehead atoms. The maximum absolute atomic E-state index is 13.2. The van der Waals surface area contributed by atoms with Crippen LogP contribution in [-0.4, -0.2) is 66.6 Å². The molecule has 1 aromatic carbocycles. The third-order valence-corrected chi connectivity index (χ3v) is 7.31. The van der Waals surface area contributed by atoms with Gasteiger partial charge in [0.1, 0.15) is 10.9 Å². The fraction of sp³-hybridized carbons (Fsp3) is 0.409. The van der Waals surface area contributed by atoms with Gasteiger partial charge in [-0.3, -0.25) is 14.6 Å². The molecule has 1 aliphatic rings. The Labute approximate surface area is 183 Å². The standard InChI is InChI=1S/C22H28N4O4S/c1-16(2)20(24-21(27)19-9-5-4-7-17(19)3)22(28)25-11-13-26(14-12-25)31(29,30)18-8-6-10-23-15-18/h4-10,15-16,20H,11-14H2,1-3H3,(H,24,27)/t20-/m1/s1. The third-order valence-electron chi connectivity index (χ3n) is 5.43. The summed E-state index contributed by atoms with van der Waals surface area (Å²) in [6.45, 7) is 6.53. The number of carbonyl (C=O) groups is 2. The average molecular weight is 445 g/mol. The average Bonchev–Trinajstić information content (AvgIpc) is 2.77. The molecule has 9 heteroatoms. The van der Waals surface area contributed by atoms with Crippen molar-refractivity contribution < 1.29 is 18.0 Å². The fourth-order valence-corrected chi connectivity index (χ4v) is 4.94. The van der Waals surface area contributed by atoms with Crippen molar-refractivity contribution in [2.24, 2.45) is 5.92 Å². The lowest BCUT2D eigenvalue weighted by molar-refractivity contribution is -0.135. The highest BCUT2D eigenvalue weighted by Crippen LogP contribution is 2.18. The Kier molecular flexibility index (Phi) is 7.07. The van der Waals surface area contributed by atoms with E-state index in [2.05, 4.69) is 10.3 Å². The molecule has 3 rings (SSSR count). The molecule has 1 N–H and O–H groups in total. The monoisotopic (exact) mass is 444 g/mol. The van der Waals surface area contributed by atoms with Gasteiger partial charge in [0.2, 0.25) is 15.9 Å². The summed E-state index contributed by atoms with van der Waals surface area (Å²) in [7, 11) is -3.64. The number of amides is 2. The van der Waals surface area contributed by atoms with Crippen LogP contribution in [0.1, 0.15) is 29.8 Å². The van der Waals surface area contributed by atoms with Gasteiger partial charge in [0, 0.05) is 44.1 Å². The molecule has 31 heavy (non-hydrogen) atoms. The zero-order valence-electron chi connectivity index (χ0n) is 18.0. The van der Waals surface area contributed by atoms with Gasteiger partial charge in [-0.2, -0.15) is 4.31 Å². The Balaban J connectivity index is 1.66. The largest absolute Gasteiger partial charge is 0.340 e. The van der Waals surface area contributed by atoms with Gasteiger partial charge in [0.15, 0.2) is 0 Å². The number of hydrogen-bond acceptors (Lipinski definition) is 5. The van der Waals surface area contributed by atoms with Crippen molar-refractivity contribution >= 4 is 21.8 Å². The van der Waals surface area contributed by atoms with Crippen LogP contribution in [-0.2, 0) is 14.8 Å². The first-order chi connectivity index (χ1) is 14.7. The molecule has 166 valence electrons. The van der Waals surface area contributed by atoms with Gasteiger partial charge in [0.25, 0.3) is 5.91 Å². The van der Waals surface area contributed by atoms with Crippen LogP contribution < -0.4 is 5.32 Å². The maximum atomic E-state index is 13.2. The van der Waals surface area contributed by atoms with E-state index >= 15 is 0 Å². The summed E-state index contributed by atoms with van der Waals surface area (Å²) in [5.41, 5.74) is 1.37. The highest BCUT2D eigenvalue weighted by Gasteiger charge is 2.34. The van der Waals surface area contributed by atoms with Crippen molar-refractivity contribution in [2.45, 2.75) is 31.7 Å². The van der Waals surface area contributed by atoms with E-state index in [1.165, 1.54) is 22.8 Å². The molecule has 1 fully saturated rings. The SMILES string of the molecule is Cc1ccccc1C(=O)N[C@@H](C(=O)N1CCN(S(=O)(=O)c2cccnc2)CC1)C(C)C. The number of aromatic nitrogens is 1. The number of aryl methyl sites for hydroxylation is 1. The molecule has 0 radical (unpaired) electrons. The Morgan fingerprint density at radius 3 is 2.29 bits per heavy atom. The molecule has 0 unspecified atom stereocenters. The number of pyridine rings is 1. The van der Waals surface area contributed by atoms with Gasteiger partial charge in [-0.05, 0) is 36.6 Å². The Morgan fingerprint density at radius 1 is 1.03 bits per heavy atom. The minimum atomic E-state index is -3.64. The predicted octanol–water partition coefficient (Wildman–Crippen LogP) is 1.68. The maximum Gasteiger partial charge on any atom is 0.252 e. The molecule has 2 amide bonds. The normalized spacial score (nSPS) is 16.2. The lowest BCUT2D eigenvalue weighted by Gasteiger charge is -2.36. The van der Waals surface area contributed by atoms with Crippen LogP contribution in [0.5, 0.6) is 0 Å². The number of sulfonamides is 1. The van der Waals surface area contributed by atoms with Crippen molar-refractivity contribution in [3.8, 4) is 0 Å². The van der Waals surface area contributed by atoms with E-state index in [0.717, 1.165) is 5.56 Å². The molecule has 1 saturated heterocycles. The second kappa shape index (κ2) is 9.57. The molecular weight excluding hydrogens is 416 g/mol. The van der Waals surface area contributed by atoms with Crippen LogP contribution in [0.2, 0.25) is 0 Å². The Hall–Kier alpha value is -2.78. The first kappa shape index (κ1) is 22.9. The van der Waals surface area contributed by atoms with Crippen LogP contribution in [0.3, 0.4) is 0 Å². The van der Waals surface area contributed by atoms with Crippen molar-refractivity contribution in [3.05, 3.63) is 59.9 Å². The summed E-state index contributed by atoms with van der Waals surface area (Å²) in [4.78, 5) is 31.5. The number of nitrogens with one attached hydrogen (secondary N) is 1. The zero-order chi connectivity index (χ0) is 22.6. The lowest BCUT2D eigenvalue weighted by atomic mass is 10.0. The zero-order valence-corrected chi connectivity index (χ0v) is 18.8. The van der Waals surface area contributed by atoms with Crippen molar-refractivity contribution in [1.82, 2.24) is 19.5 Å². The Morgan fingerprint density at radius 2 is 1.71 bits per heavy atom. The van der Waals surface area contributed by atoms with E-state index < -0.39 is 16.1 Å². The first-order valence-electron chi connectivity index (χ1n) is 10.3. The summed E-state index contributed by atoms with van der Waals surface area (Å²) in [5, 5.41) is 2.87. The summed E-state index contributed by atoms with van der Waals surface area (Å²) in [6, 6.07) is 9.63. The summed E-state index contributed by atoms with van der Waals surface area (Å²) >= 11 is 0. The number of carbonyl (C=O) groups excluding carboxylic acids is 2. The van der Waals surface area contributed by atoms with Gasteiger partial charge in [0.05, 0.1) is 0 Å². The smallest absolute Gasteiger partial charge is 0.252 e. The molecule has 1 aliphatic heterocycles. The van der Waals surface area contributed by atoms with E-state index in [1.807, 2.05) is 32.9 Å². The molecule has 2 aromatic rings. The predicted molar refractivity (Wildman–Crippen MR) is 117 cm³/mol. The number of nitrogens with zero attached hydrogens (tertiary/aromatic N) is 3. The van der Waals surface area contributed by atoms with Crippen LogP contribution in [0.15, 0.2) is 53.7 Å². The van der Waals surface area contributed by atoms with Gasteiger partial charge in [-0.15, -0.1) is 0 Å². The summed E-state index contributed by atoms with van der Waals surface area (Å²) < 4.78 is 26.9.